The molecule has 2 N–H and O–H groups in total. The van der Waals surface area contributed by atoms with Gasteiger partial charge in [0.15, 0.2) is 11.5 Å². The second kappa shape index (κ2) is 8.81. The van der Waals surface area contributed by atoms with Crippen molar-refractivity contribution >= 4 is 12.4 Å². The molecule has 1 rings (SSSR count). The van der Waals surface area contributed by atoms with E-state index in [1.807, 2.05) is 6.92 Å². The lowest BCUT2D eigenvalue weighted by atomic mass is 10.1. The molecule has 0 bridgehead atoms. The Kier molecular flexibility index (Phi) is 8.25. The van der Waals surface area contributed by atoms with E-state index in [0.717, 1.165) is 5.56 Å². The van der Waals surface area contributed by atoms with Gasteiger partial charge in [-0.25, -0.2) is 8.78 Å². The highest BCUT2D eigenvalue weighted by Gasteiger charge is 2.16. The summed E-state index contributed by atoms with van der Waals surface area (Å²) in [5.74, 6) is 0.894. The molecule has 0 aromatic heterocycles. The van der Waals surface area contributed by atoms with Crippen molar-refractivity contribution in [2.45, 2.75) is 25.8 Å². The van der Waals surface area contributed by atoms with E-state index in [-0.39, 0.29) is 24.2 Å². The van der Waals surface area contributed by atoms with Crippen LogP contribution in [0.1, 0.15) is 12.5 Å². The van der Waals surface area contributed by atoms with Gasteiger partial charge in [0.05, 0.1) is 14.2 Å². The first-order chi connectivity index (χ1) is 8.97. The molecule has 1 aromatic rings. The Bertz CT molecular complexity index is 392. The minimum absolute atomic E-state index is 0. The number of methoxy groups -OCH3 is 2. The highest BCUT2D eigenvalue weighted by molar-refractivity contribution is 5.85. The molecule has 0 amide bonds. The molecule has 4 nitrogen and oxygen atoms in total. The largest absolute Gasteiger partial charge is 0.493 e. The Labute approximate surface area is 123 Å². The van der Waals surface area contributed by atoms with Gasteiger partial charge in [0.2, 0.25) is 5.75 Å². The van der Waals surface area contributed by atoms with Crippen LogP contribution in [0.2, 0.25) is 0 Å². The van der Waals surface area contributed by atoms with E-state index in [9.17, 15) is 8.78 Å². The molecule has 0 heterocycles. The molecule has 0 aliphatic carbocycles. The van der Waals surface area contributed by atoms with Crippen LogP contribution in [0.3, 0.4) is 0 Å². The van der Waals surface area contributed by atoms with Crippen LogP contribution in [-0.4, -0.2) is 33.3 Å². The van der Waals surface area contributed by atoms with Crippen LogP contribution in [0, 0.1) is 0 Å². The van der Waals surface area contributed by atoms with Gasteiger partial charge in [-0.15, -0.1) is 12.4 Å². The van der Waals surface area contributed by atoms with E-state index >= 15 is 0 Å². The number of hydrogen-bond donors (Lipinski definition) is 1. The lowest BCUT2D eigenvalue weighted by Crippen LogP contribution is -2.18. The molecule has 1 unspecified atom stereocenters. The quantitative estimate of drug-likeness (QED) is 0.841. The van der Waals surface area contributed by atoms with Gasteiger partial charge in [-0.3, -0.25) is 0 Å². The lowest BCUT2D eigenvalue weighted by molar-refractivity contribution is 0.0789. The highest BCUT2D eigenvalue weighted by Crippen LogP contribution is 2.39. The molecule has 0 saturated heterocycles. The van der Waals surface area contributed by atoms with E-state index in [2.05, 4.69) is 0 Å². The molecular weight excluding hydrogens is 292 g/mol. The van der Waals surface area contributed by atoms with Crippen LogP contribution in [0.15, 0.2) is 12.1 Å². The van der Waals surface area contributed by atoms with Crippen LogP contribution in [0.25, 0.3) is 0 Å². The Morgan fingerprint density at radius 1 is 1.15 bits per heavy atom. The highest BCUT2D eigenvalue weighted by atomic mass is 35.5. The number of ether oxygens (including phenoxy) is 3. The van der Waals surface area contributed by atoms with Gasteiger partial charge >= 0.3 is 0 Å². The summed E-state index contributed by atoms with van der Waals surface area (Å²) in [4.78, 5) is 0. The third-order valence-electron chi connectivity index (χ3n) is 2.43. The molecule has 0 aliphatic heterocycles. The Morgan fingerprint density at radius 3 is 2.00 bits per heavy atom. The SMILES string of the molecule is COc1cc(CC(C)N)cc(OC)c1OCC(F)F.Cl. The van der Waals surface area contributed by atoms with E-state index in [0.29, 0.717) is 17.9 Å². The summed E-state index contributed by atoms with van der Waals surface area (Å²) in [6.45, 7) is 1.17. The van der Waals surface area contributed by atoms with Crippen molar-refractivity contribution in [1.82, 2.24) is 0 Å². The first kappa shape index (κ1) is 18.7. The molecule has 1 atom stereocenters. The monoisotopic (exact) mass is 311 g/mol. The maximum Gasteiger partial charge on any atom is 0.272 e. The van der Waals surface area contributed by atoms with E-state index in [1.54, 1.807) is 12.1 Å². The second-order valence-electron chi connectivity index (χ2n) is 4.21. The van der Waals surface area contributed by atoms with Crippen molar-refractivity contribution in [3.8, 4) is 17.2 Å². The topological polar surface area (TPSA) is 53.7 Å². The number of hydrogen-bond acceptors (Lipinski definition) is 4. The first-order valence-corrected chi connectivity index (χ1v) is 5.89. The van der Waals surface area contributed by atoms with Crippen molar-refractivity contribution in [2.75, 3.05) is 20.8 Å². The number of nitrogens with two attached hydrogens (primary N) is 1. The molecule has 0 spiro atoms. The standard InChI is InChI=1S/C13H19F2NO3.ClH/c1-8(16)4-9-5-10(17-2)13(11(6-9)18-3)19-7-12(14)15;/h5-6,8,12H,4,7,16H2,1-3H3;1H. The van der Waals surface area contributed by atoms with E-state index < -0.39 is 13.0 Å². The van der Waals surface area contributed by atoms with Crippen LogP contribution in [0.5, 0.6) is 17.2 Å². The average Bonchev–Trinajstić information content (AvgIpc) is 2.35. The normalized spacial score (nSPS) is 11.8. The number of halogens is 3. The zero-order valence-corrected chi connectivity index (χ0v) is 12.5. The summed E-state index contributed by atoms with van der Waals surface area (Å²) in [5.41, 5.74) is 6.63. The molecule has 20 heavy (non-hydrogen) atoms. The Balaban J connectivity index is 0.00000361. The van der Waals surface area contributed by atoms with Crippen molar-refractivity contribution in [3.63, 3.8) is 0 Å². The number of alkyl halides is 2. The van der Waals surface area contributed by atoms with Gasteiger partial charge in [0.25, 0.3) is 6.43 Å². The predicted molar refractivity (Wildman–Crippen MR) is 75.6 cm³/mol. The predicted octanol–water partition coefficient (Wildman–Crippen LogP) is 2.66. The maximum absolute atomic E-state index is 12.2. The molecule has 1 aromatic carbocycles. The van der Waals surface area contributed by atoms with Gasteiger partial charge in [-0.05, 0) is 31.0 Å². The lowest BCUT2D eigenvalue weighted by Gasteiger charge is -2.16. The Morgan fingerprint density at radius 2 is 1.65 bits per heavy atom. The summed E-state index contributed by atoms with van der Waals surface area (Å²) < 4.78 is 39.8. The van der Waals surface area contributed by atoms with Crippen molar-refractivity contribution in [1.29, 1.82) is 0 Å². The molecule has 0 aliphatic rings. The number of benzene rings is 1. The minimum Gasteiger partial charge on any atom is -0.493 e. The van der Waals surface area contributed by atoms with Crippen molar-refractivity contribution < 1.29 is 23.0 Å². The molecule has 0 radical (unpaired) electrons. The van der Waals surface area contributed by atoms with Crippen molar-refractivity contribution in [2.24, 2.45) is 5.73 Å². The van der Waals surface area contributed by atoms with E-state index in [1.165, 1.54) is 14.2 Å². The van der Waals surface area contributed by atoms with Gasteiger partial charge in [0, 0.05) is 6.04 Å². The zero-order valence-electron chi connectivity index (χ0n) is 11.7. The third kappa shape index (κ3) is 5.38. The van der Waals surface area contributed by atoms with Crippen LogP contribution in [-0.2, 0) is 6.42 Å². The number of rotatable bonds is 7. The smallest absolute Gasteiger partial charge is 0.272 e. The molecular formula is C13H20ClF2NO3. The second-order valence-corrected chi connectivity index (χ2v) is 4.21. The third-order valence-corrected chi connectivity index (χ3v) is 2.43. The van der Waals surface area contributed by atoms with E-state index in [4.69, 9.17) is 19.9 Å². The summed E-state index contributed by atoms with van der Waals surface area (Å²) in [5, 5.41) is 0. The minimum atomic E-state index is -2.56. The van der Waals surface area contributed by atoms with Crippen LogP contribution in [0.4, 0.5) is 8.78 Å². The van der Waals surface area contributed by atoms with Crippen LogP contribution < -0.4 is 19.9 Å². The summed E-state index contributed by atoms with van der Waals surface area (Å²) >= 11 is 0. The zero-order chi connectivity index (χ0) is 14.4. The molecule has 116 valence electrons. The van der Waals surface area contributed by atoms with Gasteiger partial charge in [-0.2, -0.15) is 0 Å². The molecule has 0 saturated carbocycles. The summed E-state index contributed by atoms with van der Waals surface area (Å²) in [6, 6.07) is 3.40. The molecule has 0 fully saturated rings. The summed E-state index contributed by atoms with van der Waals surface area (Å²) in [6.07, 6.45) is -1.93. The Hall–Kier alpha value is -1.27. The first-order valence-electron chi connectivity index (χ1n) is 5.89. The maximum atomic E-state index is 12.2. The fourth-order valence-corrected chi connectivity index (χ4v) is 1.71. The average molecular weight is 312 g/mol. The van der Waals surface area contributed by atoms with Gasteiger partial charge < -0.3 is 19.9 Å². The molecule has 7 heteroatoms. The van der Waals surface area contributed by atoms with Gasteiger partial charge in [-0.1, -0.05) is 0 Å². The fourth-order valence-electron chi connectivity index (χ4n) is 1.71. The summed E-state index contributed by atoms with van der Waals surface area (Å²) in [7, 11) is 2.89. The van der Waals surface area contributed by atoms with Crippen molar-refractivity contribution in [3.05, 3.63) is 17.7 Å². The fraction of sp³-hybridized carbons (Fsp3) is 0.538. The van der Waals surface area contributed by atoms with Crippen LogP contribution >= 0.6 is 12.4 Å². The van der Waals surface area contributed by atoms with Gasteiger partial charge in [0.1, 0.15) is 6.61 Å².